The molecule has 0 aliphatic carbocycles. The Morgan fingerprint density at radius 2 is 2.21 bits per heavy atom. The Morgan fingerprint density at radius 3 is 2.71 bits per heavy atom. The van der Waals surface area contributed by atoms with Crippen LogP contribution in [0, 0.1) is 24.0 Å². The molecule has 0 aliphatic heterocycles. The van der Waals surface area contributed by atoms with Crippen LogP contribution in [0.15, 0.2) is 18.2 Å². The SMILES string of the molecule is C#CC(NCC)c1ccc(F)cc1F. The molecule has 1 atom stereocenters. The third kappa shape index (κ3) is 2.30. The predicted molar refractivity (Wildman–Crippen MR) is 51.6 cm³/mol. The molecule has 0 spiro atoms. The summed E-state index contributed by atoms with van der Waals surface area (Å²) in [6.45, 7) is 2.50. The highest BCUT2D eigenvalue weighted by Crippen LogP contribution is 2.17. The van der Waals surface area contributed by atoms with Crippen LogP contribution < -0.4 is 5.32 Å². The molecule has 1 unspecified atom stereocenters. The molecule has 0 fully saturated rings. The van der Waals surface area contributed by atoms with Gasteiger partial charge in [0.2, 0.25) is 0 Å². The molecule has 74 valence electrons. The molecular formula is C11H11F2N. The van der Waals surface area contributed by atoms with Crippen LogP contribution in [-0.4, -0.2) is 6.54 Å². The van der Waals surface area contributed by atoms with Crippen molar-refractivity contribution in [2.24, 2.45) is 0 Å². The first-order chi connectivity index (χ1) is 6.69. The molecule has 3 heteroatoms. The molecule has 0 bridgehead atoms. The van der Waals surface area contributed by atoms with E-state index in [0.29, 0.717) is 12.1 Å². The predicted octanol–water partition coefficient (Wildman–Crippen LogP) is 2.25. The molecule has 0 aromatic heterocycles. The maximum Gasteiger partial charge on any atom is 0.131 e. The fourth-order valence-corrected chi connectivity index (χ4v) is 1.20. The second-order valence-electron chi connectivity index (χ2n) is 2.82. The van der Waals surface area contributed by atoms with E-state index < -0.39 is 17.7 Å². The van der Waals surface area contributed by atoms with Crippen molar-refractivity contribution in [2.45, 2.75) is 13.0 Å². The number of nitrogens with one attached hydrogen (secondary N) is 1. The minimum absolute atomic E-state index is 0.302. The molecule has 0 radical (unpaired) electrons. The van der Waals surface area contributed by atoms with E-state index >= 15 is 0 Å². The summed E-state index contributed by atoms with van der Waals surface area (Å²) in [4.78, 5) is 0. The molecule has 1 aromatic rings. The van der Waals surface area contributed by atoms with Gasteiger partial charge in [0.25, 0.3) is 0 Å². The monoisotopic (exact) mass is 195 g/mol. The van der Waals surface area contributed by atoms with Crippen molar-refractivity contribution in [3.05, 3.63) is 35.4 Å². The largest absolute Gasteiger partial charge is 0.300 e. The highest BCUT2D eigenvalue weighted by atomic mass is 19.1. The summed E-state index contributed by atoms with van der Waals surface area (Å²) in [6, 6.07) is 2.88. The number of terminal acetylenes is 1. The van der Waals surface area contributed by atoms with Crippen LogP contribution in [0.5, 0.6) is 0 Å². The zero-order chi connectivity index (χ0) is 10.6. The summed E-state index contributed by atoms with van der Waals surface area (Å²) in [5, 5.41) is 2.91. The van der Waals surface area contributed by atoms with E-state index in [1.54, 1.807) is 0 Å². The number of halogens is 2. The first kappa shape index (κ1) is 10.7. The Labute approximate surface area is 82.1 Å². The third-order valence-electron chi connectivity index (χ3n) is 1.85. The number of hydrogen-bond acceptors (Lipinski definition) is 1. The minimum Gasteiger partial charge on any atom is -0.300 e. The van der Waals surface area contributed by atoms with Crippen molar-refractivity contribution >= 4 is 0 Å². The molecule has 14 heavy (non-hydrogen) atoms. The van der Waals surface area contributed by atoms with Crippen LogP contribution in [0.1, 0.15) is 18.5 Å². The van der Waals surface area contributed by atoms with Gasteiger partial charge in [0.1, 0.15) is 11.6 Å². The molecule has 0 heterocycles. The van der Waals surface area contributed by atoms with Crippen LogP contribution >= 0.6 is 0 Å². The number of hydrogen-bond donors (Lipinski definition) is 1. The normalized spacial score (nSPS) is 12.1. The van der Waals surface area contributed by atoms with Gasteiger partial charge < -0.3 is 5.32 Å². The van der Waals surface area contributed by atoms with Crippen molar-refractivity contribution in [2.75, 3.05) is 6.54 Å². The van der Waals surface area contributed by atoms with Gasteiger partial charge in [0.05, 0.1) is 6.04 Å². The molecule has 1 rings (SSSR count). The standard InChI is InChI=1S/C11H11F2N/c1-3-11(14-4-2)9-6-5-8(12)7-10(9)13/h1,5-7,11,14H,4H2,2H3. The van der Waals surface area contributed by atoms with Crippen molar-refractivity contribution in [3.63, 3.8) is 0 Å². The lowest BCUT2D eigenvalue weighted by atomic mass is 10.1. The first-order valence-corrected chi connectivity index (χ1v) is 4.33. The first-order valence-electron chi connectivity index (χ1n) is 4.33. The summed E-state index contributed by atoms with van der Waals surface area (Å²) in [6.07, 6.45) is 5.22. The van der Waals surface area contributed by atoms with Crippen molar-refractivity contribution < 1.29 is 8.78 Å². The van der Waals surface area contributed by atoms with Gasteiger partial charge in [-0.1, -0.05) is 18.9 Å². The van der Waals surface area contributed by atoms with Gasteiger partial charge in [-0.25, -0.2) is 8.78 Å². The Morgan fingerprint density at radius 1 is 1.50 bits per heavy atom. The summed E-state index contributed by atoms with van der Waals surface area (Å²) in [7, 11) is 0. The second-order valence-corrected chi connectivity index (χ2v) is 2.82. The van der Waals surface area contributed by atoms with E-state index in [-0.39, 0.29) is 0 Å². The van der Waals surface area contributed by atoms with E-state index in [9.17, 15) is 8.78 Å². The van der Waals surface area contributed by atoms with Crippen LogP contribution in [-0.2, 0) is 0 Å². The van der Waals surface area contributed by atoms with E-state index in [1.807, 2.05) is 6.92 Å². The number of rotatable bonds is 3. The number of benzene rings is 1. The summed E-state index contributed by atoms with van der Waals surface area (Å²) < 4.78 is 25.8. The lowest BCUT2D eigenvalue weighted by molar-refractivity contribution is 0.551. The van der Waals surface area contributed by atoms with E-state index in [1.165, 1.54) is 12.1 Å². The minimum atomic E-state index is -0.617. The van der Waals surface area contributed by atoms with Gasteiger partial charge in [-0.2, -0.15) is 0 Å². The maximum atomic E-state index is 13.2. The second kappa shape index (κ2) is 4.73. The summed E-state index contributed by atoms with van der Waals surface area (Å²) in [5.41, 5.74) is 0.302. The molecular weight excluding hydrogens is 184 g/mol. The highest BCUT2D eigenvalue weighted by molar-refractivity contribution is 5.27. The molecule has 1 nitrogen and oxygen atoms in total. The van der Waals surface area contributed by atoms with E-state index in [2.05, 4.69) is 11.2 Å². The summed E-state index contributed by atoms with van der Waals surface area (Å²) >= 11 is 0. The Balaban J connectivity index is 3.00. The average molecular weight is 195 g/mol. The zero-order valence-electron chi connectivity index (χ0n) is 7.85. The van der Waals surface area contributed by atoms with Crippen molar-refractivity contribution in [3.8, 4) is 12.3 Å². The Kier molecular flexibility index (Phi) is 3.61. The molecule has 0 amide bonds. The van der Waals surface area contributed by atoms with Crippen LogP contribution in [0.25, 0.3) is 0 Å². The van der Waals surface area contributed by atoms with Crippen LogP contribution in [0.2, 0.25) is 0 Å². The molecule has 1 N–H and O–H groups in total. The van der Waals surface area contributed by atoms with E-state index in [0.717, 1.165) is 6.07 Å². The van der Waals surface area contributed by atoms with Crippen LogP contribution in [0.4, 0.5) is 8.78 Å². The Bertz CT molecular complexity index is 355. The quantitative estimate of drug-likeness (QED) is 0.729. The molecule has 0 aliphatic rings. The fraction of sp³-hybridized carbons (Fsp3) is 0.273. The zero-order valence-corrected chi connectivity index (χ0v) is 7.85. The fourth-order valence-electron chi connectivity index (χ4n) is 1.20. The lowest BCUT2D eigenvalue weighted by Crippen LogP contribution is -2.20. The van der Waals surface area contributed by atoms with Gasteiger partial charge in [-0.15, -0.1) is 6.42 Å². The summed E-state index contributed by atoms with van der Waals surface area (Å²) in [5.74, 6) is 1.19. The smallest absolute Gasteiger partial charge is 0.131 e. The highest BCUT2D eigenvalue weighted by Gasteiger charge is 2.12. The van der Waals surface area contributed by atoms with Gasteiger partial charge in [-0.3, -0.25) is 0 Å². The van der Waals surface area contributed by atoms with Crippen LogP contribution in [0.3, 0.4) is 0 Å². The van der Waals surface area contributed by atoms with Gasteiger partial charge >= 0.3 is 0 Å². The molecule has 0 saturated carbocycles. The van der Waals surface area contributed by atoms with Crippen molar-refractivity contribution in [1.29, 1.82) is 0 Å². The van der Waals surface area contributed by atoms with Gasteiger partial charge in [-0.05, 0) is 12.6 Å². The topological polar surface area (TPSA) is 12.0 Å². The Hall–Kier alpha value is -1.40. The van der Waals surface area contributed by atoms with Crippen molar-refractivity contribution in [1.82, 2.24) is 5.32 Å². The maximum absolute atomic E-state index is 13.2. The van der Waals surface area contributed by atoms with Gasteiger partial charge in [0.15, 0.2) is 0 Å². The third-order valence-corrected chi connectivity index (χ3v) is 1.85. The van der Waals surface area contributed by atoms with E-state index in [4.69, 9.17) is 6.42 Å². The lowest BCUT2D eigenvalue weighted by Gasteiger charge is -2.12. The molecule has 1 aromatic carbocycles. The van der Waals surface area contributed by atoms with Gasteiger partial charge in [0, 0.05) is 11.6 Å². The molecule has 0 saturated heterocycles. The average Bonchev–Trinajstić information content (AvgIpc) is 2.15.